The highest BCUT2D eigenvalue weighted by Crippen LogP contribution is 2.30. The van der Waals surface area contributed by atoms with Gasteiger partial charge in [0.2, 0.25) is 5.91 Å². The number of anilines is 3. The highest BCUT2D eigenvalue weighted by atomic mass is 35.5. The number of piperazine rings is 1. The van der Waals surface area contributed by atoms with Crippen LogP contribution in [0, 0.1) is 5.82 Å². The summed E-state index contributed by atoms with van der Waals surface area (Å²) in [5, 5.41) is 6.09. The molecular formula is C27H26ClFN4O4S. The molecule has 11 heteroatoms. The number of fused-ring (bicyclic) bond motifs is 1. The van der Waals surface area contributed by atoms with E-state index in [1.165, 1.54) is 12.1 Å². The summed E-state index contributed by atoms with van der Waals surface area (Å²) in [5.41, 5.74) is 2.77. The van der Waals surface area contributed by atoms with Gasteiger partial charge in [0.05, 0.1) is 22.9 Å². The van der Waals surface area contributed by atoms with Gasteiger partial charge in [-0.1, -0.05) is 29.8 Å². The lowest BCUT2D eigenvalue weighted by Crippen LogP contribution is -2.49. The van der Waals surface area contributed by atoms with E-state index in [0.29, 0.717) is 53.7 Å². The van der Waals surface area contributed by atoms with Gasteiger partial charge in [0.1, 0.15) is 11.9 Å². The van der Waals surface area contributed by atoms with Crippen LogP contribution in [-0.2, 0) is 20.4 Å². The van der Waals surface area contributed by atoms with Crippen molar-refractivity contribution >= 4 is 50.3 Å². The molecular weight excluding hydrogens is 531 g/mol. The number of rotatable bonds is 6. The lowest BCUT2D eigenvalue weighted by molar-refractivity contribution is -0.116. The first-order chi connectivity index (χ1) is 18.2. The van der Waals surface area contributed by atoms with E-state index in [1.54, 1.807) is 59.5 Å². The molecule has 2 aliphatic rings. The zero-order valence-electron chi connectivity index (χ0n) is 20.4. The lowest BCUT2D eigenvalue weighted by Gasteiger charge is -2.36. The first-order valence-electron chi connectivity index (χ1n) is 12.1. The Morgan fingerprint density at radius 3 is 2.39 bits per heavy atom. The lowest BCUT2D eigenvalue weighted by atomic mass is 10.1. The smallest absolute Gasteiger partial charge is 0.254 e. The Balaban J connectivity index is 1.22. The summed E-state index contributed by atoms with van der Waals surface area (Å²) in [4.78, 5) is 29.7. The highest BCUT2D eigenvalue weighted by molar-refractivity contribution is 7.90. The van der Waals surface area contributed by atoms with Crippen LogP contribution in [0.3, 0.4) is 0 Å². The molecule has 0 bridgehead atoms. The number of halogens is 2. The van der Waals surface area contributed by atoms with Gasteiger partial charge < -0.3 is 20.4 Å². The van der Waals surface area contributed by atoms with E-state index in [0.717, 1.165) is 5.69 Å². The first kappa shape index (κ1) is 26.0. The van der Waals surface area contributed by atoms with Gasteiger partial charge in [-0.25, -0.2) is 12.8 Å². The maximum Gasteiger partial charge on any atom is 0.254 e. The van der Waals surface area contributed by atoms with Crippen LogP contribution in [0.2, 0.25) is 5.02 Å². The fraction of sp³-hybridized carbons (Fsp3) is 0.259. The molecule has 5 rings (SSSR count). The van der Waals surface area contributed by atoms with E-state index in [2.05, 4.69) is 15.5 Å². The fourth-order valence-electron chi connectivity index (χ4n) is 4.66. The second-order valence-corrected chi connectivity index (χ2v) is 11.9. The maximum absolute atomic E-state index is 13.2. The molecule has 3 aromatic carbocycles. The fourth-order valence-corrected chi connectivity index (χ4v) is 6.53. The van der Waals surface area contributed by atoms with Crippen molar-refractivity contribution in [2.45, 2.75) is 11.8 Å². The van der Waals surface area contributed by atoms with Gasteiger partial charge in [-0.2, -0.15) is 0 Å². The predicted molar refractivity (Wildman–Crippen MR) is 146 cm³/mol. The van der Waals surface area contributed by atoms with Gasteiger partial charge in [-0.3, -0.25) is 9.59 Å². The Morgan fingerprint density at radius 1 is 0.974 bits per heavy atom. The third-order valence-corrected chi connectivity index (χ3v) is 8.64. The highest BCUT2D eigenvalue weighted by Gasteiger charge is 2.31. The minimum absolute atomic E-state index is 0.162. The molecule has 0 spiro atoms. The normalized spacial score (nSPS) is 17.4. The zero-order chi connectivity index (χ0) is 26.9. The molecule has 3 aromatic rings. The van der Waals surface area contributed by atoms with Crippen molar-refractivity contribution in [1.82, 2.24) is 4.90 Å². The number of hydrogen-bond acceptors (Lipinski definition) is 6. The molecule has 8 nitrogen and oxygen atoms in total. The van der Waals surface area contributed by atoms with Crippen molar-refractivity contribution in [2.75, 3.05) is 47.5 Å². The molecule has 1 atom stereocenters. The Kier molecular flexibility index (Phi) is 7.27. The van der Waals surface area contributed by atoms with Crippen LogP contribution in [0.4, 0.5) is 21.5 Å². The van der Waals surface area contributed by atoms with Crippen molar-refractivity contribution in [3.05, 3.63) is 88.7 Å². The van der Waals surface area contributed by atoms with E-state index < -0.39 is 27.5 Å². The number of amides is 2. The topological polar surface area (TPSA) is 98.8 Å². The number of nitrogens with zero attached hydrogens (tertiary/aromatic N) is 2. The Hall–Kier alpha value is -3.63. The first-order valence-corrected chi connectivity index (χ1v) is 14.3. The number of carbonyl (C=O) groups is 2. The third-order valence-electron chi connectivity index (χ3n) is 6.68. The van der Waals surface area contributed by atoms with Crippen LogP contribution in [0.15, 0.2) is 66.7 Å². The number of hydrogen-bond donors (Lipinski definition) is 2. The Bertz CT molecular complexity index is 1470. The van der Waals surface area contributed by atoms with Crippen molar-refractivity contribution in [3.8, 4) is 0 Å². The summed E-state index contributed by atoms with van der Waals surface area (Å²) in [6.07, 6.45) is 0. The molecule has 1 saturated heterocycles. The van der Waals surface area contributed by atoms with E-state index in [9.17, 15) is 22.4 Å². The van der Waals surface area contributed by atoms with E-state index in [-0.39, 0.29) is 17.5 Å². The van der Waals surface area contributed by atoms with Gasteiger partial charge in [-0.05, 0) is 54.1 Å². The summed E-state index contributed by atoms with van der Waals surface area (Å²) in [7, 11) is -3.65. The average molecular weight is 557 g/mol. The van der Waals surface area contributed by atoms with Gasteiger partial charge in [-0.15, -0.1) is 0 Å². The molecule has 2 heterocycles. The van der Waals surface area contributed by atoms with Gasteiger partial charge >= 0.3 is 0 Å². The quantitative estimate of drug-likeness (QED) is 0.479. The molecule has 0 radical (unpaired) electrons. The molecule has 38 heavy (non-hydrogen) atoms. The number of carbonyl (C=O) groups excluding carboxylic acids is 2. The molecule has 0 aliphatic carbocycles. The molecule has 198 valence electrons. The average Bonchev–Trinajstić information content (AvgIpc) is 2.90. The van der Waals surface area contributed by atoms with Crippen LogP contribution in [0.5, 0.6) is 0 Å². The van der Waals surface area contributed by atoms with Gasteiger partial charge in [0, 0.05) is 42.5 Å². The minimum Gasteiger partial charge on any atom is -0.371 e. The van der Waals surface area contributed by atoms with E-state index in [4.69, 9.17) is 11.6 Å². The number of nitrogens with one attached hydrogen (secondary N) is 2. The summed E-state index contributed by atoms with van der Waals surface area (Å²) >= 11 is 6.10. The summed E-state index contributed by atoms with van der Waals surface area (Å²) in [6, 6.07) is 16.9. The second kappa shape index (κ2) is 10.6. The van der Waals surface area contributed by atoms with Crippen molar-refractivity contribution in [1.29, 1.82) is 0 Å². The van der Waals surface area contributed by atoms with Crippen LogP contribution in [-0.4, -0.2) is 63.1 Å². The summed E-state index contributed by atoms with van der Waals surface area (Å²) in [5.74, 6) is -1.61. The second-order valence-electron chi connectivity index (χ2n) is 9.35. The number of benzene rings is 3. The van der Waals surface area contributed by atoms with E-state index in [1.807, 2.05) is 0 Å². The van der Waals surface area contributed by atoms with Crippen molar-refractivity contribution in [2.24, 2.45) is 0 Å². The van der Waals surface area contributed by atoms with Crippen molar-refractivity contribution < 1.29 is 22.4 Å². The zero-order valence-corrected chi connectivity index (χ0v) is 21.9. The van der Waals surface area contributed by atoms with E-state index >= 15 is 0 Å². The molecule has 0 aromatic heterocycles. The Morgan fingerprint density at radius 2 is 1.68 bits per heavy atom. The standard InChI is InChI=1S/C27H26ClFN4O4S/c28-22-4-2-1-3-19(22)16-38(36,37)17-25-26(34)31-24-15-18(5-10-23(24)30-25)27(35)33-13-11-32(12-14-33)21-8-6-20(29)7-9-21/h1-10,15,25,30H,11-14,16-17H2,(H,31,34)/t25-/m1/s1. The predicted octanol–water partition coefficient (Wildman–Crippen LogP) is 3.79. The molecule has 1 fully saturated rings. The minimum atomic E-state index is -3.65. The van der Waals surface area contributed by atoms with Gasteiger partial charge in [0.25, 0.3) is 5.91 Å². The van der Waals surface area contributed by atoms with Crippen molar-refractivity contribution in [3.63, 3.8) is 0 Å². The summed E-state index contributed by atoms with van der Waals surface area (Å²) in [6.45, 7) is 2.24. The summed E-state index contributed by atoms with van der Waals surface area (Å²) < 4.78 is 38.8. The number of sulfone groups is 1. The van der Waals surface area contributed by atoms with Crippen LogP contribution in [0.1, 0.15) is 15.9 Å². The molecule has 2 aliphatic heterocycles. The largest absolute Gasteiger partial charge is 0.371 e. The van der Waals surface area contributed by atoms with Gasteiger partial charge in [0.15, 0.2) is 9.84 Å². The maximum atomic E-state index is 13.2. The monoisotopic (exact) mass is 556 g/mol. The molecule has 2 N–H and O–H groups in total. The molecule has 0 unspecified atom stereocenters. The third kappa shape index (κ3) is 5.76. The van der Waals surface area contributed by atoms with Crippen LogP contribution in [0.25, 0.3) is 0 Å². The van der Waals surface area contributed by atoms with Crippen LogP contribution >= 0.6 is 11.6 Å². The SMILES string of the molecule is O=C1Nc2cc(C(=O)N3CCN(c4ccc(F)cc4)CC3)ccc2N[C@@H]1CS(=O)(=O)Cc1ccccc1Cl. The van der Waals surface area contributed by atoms with Crippen LogP contribution < -0.4 is 15.5 Å². The molecule has 2 amide bonds. The Labute approximate surface area is 225 Å². The molecule has 0 saturated carbocycles.